The number of alkyl halides is 3. The van der Waals surface area contributed by atoms with E-state index in [0.29, 0.717) is 44.0 Å². The van der Waals surface area contributed by atoms with Crippen LogP contribution in [-0.2, 0) is 22.4 Å². The van der Waals surface area contributed by atoms with E-state index in [1.54, 1.807) is 35.6 Å². The Morgan fingerprint density at radius 1 is 0.977 bits per heavy atom. The number of halogens is 5. The first-order valence-electron chi connectivity index (χ1n) is 13.2. The van der Waals surface area contributed by atoms with Gasteiger partial charge in [-0.25, -0.2) is 13.6 Å². The Kier molecular flexibility index (Phi) is 10.5. The second-order valence-electron chi connectivity index (χ2n) is 9.55. The summed E-state index contributed by atoms with van der Waals surface area (Å²) in [6.07, 6.45) is 5.61. The van der Waals surface area contributed by atoms with E-state index in [4.69, 9.17) is 4.74 Å². The summed E-state index contributed by atoms with van der Waals surface area (Å²) in [7, 11) is 0. The van der Waals surface area contributed by atoms with E-state index in [1.807, 2.05) is 24.3 Å². The number of fused-ring (bicyclic) bond motifs is 1. The topological polar surface area (TPSA) is 105 Å². The van der Waals surface area contributed by atoms with Gasteiger partial charge in [-0.1, -0.05) is 24.3 Å². The first-order chi connectivity index (χ1) is 20.6. The monoisotopic (exact) mass is 602 g/mol. The number of morpholine rings is 1. The maximum absolute atomic E-state index is 14.8. The minimum absolute atomic E-state index is 0.0725. The summed E-state index contributed by atoms with van der Waals surface area (Å²) < 4.78 is 64.0. The van der Waals surface area contributed by atoms with Gasteiger partial charge >= 0.3 is 12.6 Å². The van der Waals surface area contributed by atoms with E-state index in [0.717, 1.165) is 34.2 Å². The van der Waals surface area contributed by atoms with Crippen molar-refractivity contribution in [2.75, 3.05) is 31.2 Å². The molecule has 1 aliphatic heterocycles. The summed E-state index contributed by atoms with van der Waals surface area (Å²) in [5.41, 5.74) is 1.87. The second kappa shape index (κ2) is 14.5. The average Bonchev–Trinajstić information content (AvgIpc) is 2.97. The van der Waals surface area contributed by atoms with Crippen molar-refractivity contribution >= 4 is 28.3 Å². The van der Waals surface area contributed by atoms with Crippen LogP contribution >= 0.6 is 0 Å². The number of nitrogens with one attached hydrogen (secondary N) is 1. The zero-order chi connectivity index (χ0) is 30.9. The summed E-state index contributed by atoms with van der Waals surface area (Å²) in [4.78, 5) is 35.2. The summed E-state index contributed by atoms with van der Waals surface area (Å²) in [6.45, 7) is -1.86. The third-order valence-electron chi connectivity index (χ3n) is 6.68. The molecule has 4 aromatic rings. The number of carbonyl (C=O) groups is 2. The van der Waals surface area contributed by atoms with Gasteiger partial charge in [-0.3, -0.25) is 14.8 Å². The lowest BCUT2D eigenvalue weighted by molar-refractivity contribution is -0.139. The number of nitrogens with zero attached hydrogens (tertiary/aromatic N) is 3. The van der Waals surface area contributed by atoms with Crippen molar-refractivity contribution in [2.45, 2.75) is 25.6 Å². The van der Waals surface area contributed by atoms with Crippen LogP contribution in [0.3, 0.4) is 0 Å². The third kappa shape index (κ3) is 8.44. The Hall–Kier alpha value is -4.65. The molecule has 1 unspecified atom stereocenters. The van der Waals surface area contributed by atoms with Gasteiger partial charge in [0.15, 0.2) is 0 Å². The number of ether oxygens (including phenoxy) is 1. The van der Waals surface area contributed by atoms with Crippen molar-refractivity contribution < 1.29 is 41.4 Å². The number of benzene rings is 2. The molecule has 1 fully saturated rings. The number of rotatable bonds is 8. The molecule has 1 atom stereocenters. The molecule has 0 spiro atoms. The summed E-state index contributed by atoms with van der Waals surface area (Å²) >= 11 is 0. The van der Waals surface area contributed by atoms with Crippen molar-refractivity contribution in [3.05, 3.63) is 101 Å². The maximum Gasteiger partial charge on any atom is 0.379 e. The van der Waals surface area contributed by atoms with E-state index < -0.39 is 41.8 Å². The Bertz CT molecular complexity index is 1550. The van der Waals surface area contributed by atoms with Crippen LogP contribution in [0, 0.1) is 11.6 Å². The van der Waals surface area contributed by atoms with Crippen LogP contribution in [-0.4, -0.2) is 66.0 Å². The van der Waals surface area contributed by atoms with Gasteiger partial charge in [0.25, 0.3) is 5.91 Å². The third-order valence-corrected chi connectivity index (χ3v) is 6.68. The van der Waals surface area contributed by atoms with Gasteiger partial charge in [0.2, 0.25) is 0 Å². The fourth-order valence-corrected chi connectivity index (χ4v) is 4.73. The van der Waals surface area contributed by atoms with Gasteiger partial charge in [0.05, 0.1) is 18.9 Å². The highest BCUT2D eigenvalue weighted by Gasteiger charge is 2.26. The van der Waals surface area contributed by atoms with Gasteiger partial charge in [0.1, 0.15) is 23.2 Å². The van der Waals surface area contributed by atoms with Crippen LogP contribution in [0.15, 0.2) is 67.1 Å². The van der Waals surface area contributed by atoms with Crippen LogP contribution in [0.2, 0.25) is 0 Å². The Morgan fingerprint density at radius 3 is 2.33 bits per heavy atom. The first-order valence-corrected chi connectivity index (χ1v) is 13.2. The number of carbonyl (C=O) groups excluding carboxylic acids is 1. The molecule has 2 N–H and O–H groups in total. The lowest BCUT2D eigenvalue weighted by atomic mass is 9.99. The highest BCUT2D eigenvalue weighted by molar-refractivity contribution is 5.97. The predicted octanol–water partition coefficient (Wildman–Crippen LogP) is 4.94. The van der Waals surface area contributed by atoms with Gasteiger partial charge in [0, 0.05) is 61.0 Å². The smallest absolute Gasteiger partial charge is 0.379 e. The molecule has 0 saturated carbocycles. The van der Waals surface area contributed by atoms with Crippen LogP contribution in [0.4, 0.5) is 27.6 Å². The lowest BCUT2D eigenvalue weighted by Crippen LogP contribution is -2.43. The van der Waals surface area contributed by atoms with Gasteiger partial charge < -0.3 is 20.1 Å². The number of carboxylic acids is 1. The lowest BCUT2D eigenvalue weighted by Gasteiger charge is -2.29. The summed E-state index contributed by atoms with van der Waals surface area (Å²) in [5, 5.41) is 14.0. The Morgan fingerprint density at radius 2 is 1.65 bits per heavy atom. The van der Waals surface area contributed by atoms with E-state index >= 15 is 0 Å². The SMILES string of the molecule is FC(F)F.O=C(NC(Cc1cccc(Cc2nccc3cnccc23)c1)C(=O)O)c1c(F)cc(N2CCOCC2)cc1F. The number of anilines is 1. The largest absolute Gasteiger partial charge is 0.480 e. The quantitative estimate of drug-likeness (QED) is 0.276. The number of aromatic nitrogens is 2. The molecule has 0 bridgehead atoms. The number of carboxylic acid groups (broad SMARTS) is 1. The number of aliphatic carboxylic acids is 1. The Balaban J connectivity index is 0.000000996. The summed E-state index contributed by atoms with van der Waals surface area (Å²) in [5.74, 6) is -4.56. The van der Waals surface area contributed by atoms with Crippen molar-refractivity contribution in [3.8, 4) is 0 Å². The van der Waals surface area contributed by atoms with Gasteiger partial charge in [-0.05, 0) is 35.4 Å². The molecular formula is C30H27F5N4O4. The highest BCUT2D eigenvalue weighted by atomic mass is 19.4. The molecule has 5 rings (SSSR count). The normalized spacial score (nSPS) is 13.8. The standard InChI is InChI=1S/C29H26F2N4O4.CHF3/c30-23-15-21(35-8-10-39-11-9-35)16-24(31)27(23)28(36)34-26(29(37)38)14-19-3-1-2-18(12-19)13-25-22-5-6-32-17-20(22)4-7-33-25;2-1(3)4/h1-7,12,15-17,26H,8-11,13-14H2,(H,34,36)(H,37,38);1H. The molecule has 0 aliphatic carbocycles. The maximum atomic E-state index is 14.8. The number of hydrogen-bond acceptors (Lipinski definition) is 6. The molecule has 226 valence electrons. The minimum atomic E-state index is -3.67. The van der Waals surface area contributed by atoms with Crippen molar-refractivity contribution in [2.24, 2.45) is 0 Å². The fourth-order valence-electron chi connectivity index (χ4n) is 4.73. The van der Waals surface area contributed by atoms with Crippen molar-refractivity contribution in [3.63, 3.8) is 0 Å². The molecule has 3 heterocycles. The molecule has 43 heavy (non-hydrogen) atoms. The molecule has 13 heteroatoms. The van der Waals surface area contributed by atoms with Gasteiger partial charge in [-0.2, -0.15) is 13.2 Å². The zero-order valence-electron chi connectivity index (χ0n) is 22.7. The fraction of sp³-hybridized carbons (Fsp3) is 0.267. The van der Waals surface area contributed by atoms with Gasteiger partial charge in [-0.15, -0.1) is 0 Å². The molecule has 2 aromatic heterocycles. The van der Waals surface area contributed by atoms with Crippen LogP contribution < -0.4 is 10.2 Å². The predicted molar refractivity (Wildman–Crippen MR) is 148 cm³/mol. The molecule has 0 radical (unpaired) electrons. The van der Waals surface area contributed by atoms with Crippen LogP contribution in [0.5, 0.6) is 0 Å². The van der Waals surface area contributed by atoms with Crippen LogP contribution in [0.25, 0.3) is 10.8 Å². The second-order valence-corrected chi connectivity index (χ2v) is 9.55. The highest BCUT2D eigenvalue weighted by Crippen LogP contribution is 2.24. The molecule has 1 amide bonds. The van der Waals surface area contributed by atoms with Crippen molar-refractivity contribution in [1.82, 2.24) is 15.3 Å². The van der Waals surface area contributed by atoms with E-state index in [9.17, 15) is 36.6 Å². The number of pyridine rings is 2. The van der Waals surface area contributed by atoms with E-state index in [-0.39, 0.29) is 6.42 Å². The molecular weight excluding hydrogens is 575 g/mol. The molecule has 1 saturated heterocycles. The van der Waals surface area contributed by atoms with E-state index in [1.165, 1.54) is 0 Å². The minimum Gasteiger partial charge on any atom is -0.480 e. The van der Waals surface area contributed by atoms with Crippen LogP contribution in [0.1, 0.15) is 27.2 Å². The molecule has 1 aliphatic rings. The van der Waals surface area contributed by atoms with Crippen molar-refractivity contribution in [1.29, 1.82) is 0 Å². The number of amides is 1. The number of hydrogen-bond donors (Lipinski definition) is 2. The molecule has 8 nitrogen and oxygen atoms in total. The average molecular weight is 603 g/mol. The zero-order valence-corrected chi connectivity index (χ0v) is 22.7. The summed E-state index contributed by atoms with van der Waals surface area (Å²) in [6, 6.07) is 11.8. The van der Waals surface area contributed by atoms with E-state index in [2.05, 4.69) is 15.3 Å². The first kappa shape index (κ1) is 31.3. The Labute approximate surface area is 243 Å². The molecule has 2 aromatic carbocycles.